The second kappa shape index (κ2) is 22.0. The number of carbonyl (C=O) groups excluding carboxylic acids is 6. The number of nitrogens with two attached hydrogens (primary N) is 4. The molecule has 0 radical (unpaired) electrons. The van der Waals surface area contributed by atoms with Crippen molar-refractivity contribution in [2.24, 2.45) is 22.9 Å². The largest absolute Gasteiger partial charge is 0.524 e. The summed E-state index contributed by atoms with van der Waals surface area (Å²) >= 11 is 0. The zero-order chi connectivity index (χ0) is 40.4. The zero-order valence-corrected chi connectivity index (χ0v) is 30.1. The highest BCUT2D eigenvalue weighted by molar-refractivity contribution is 7.46. The van der Waals surface area contributed by atoms with Crippen LogP contribution in [0.2, 0.25) is 0 Å². The Balaban J connectivity index is 2.23. The third-order valence-electron chi connectivity index (χ3n) is 7.77. The predicted molar refractivity (Wildman–Crippen MR) is 191 cm³/mol. The van der Waals surface area contributed by atoms with Gasteiger partial charge in [0.05, 0.1) is 12.5 Å². The highest BCUT2D eigenvalue weighted by Crippen LogP contribution is 2.37. The number of aliphatic carboxylic acids is 1. The number of carboxylic acids is 1. The Morgan fingerprint density at radius 2 is 1.19 bits per heavy atom. The number of carbonyl (C=O) groups is 7. The first-order chi connectivity index (χ1) is 25.4. The number of carboxylic acid groups (broad SMARTS) is 1. The molecule has 0 aliphatic heterocycles. The molecule has 6 amide bonds. The molecule has 54 heavy (non-hydrogen) atoms. The third-order valence-corrected chi connectivity index (χ3v) is 8.22. The van der Waals surface area contributed by atoms with Gasteiger partial charge in [-0.2, -0.15) is 0 Å². The summed E-state index contributed by atoms with van der Waals surface area (Å²) in [5.41, 5.74) is 23.3. The molecule has 0 aromatic heterocycles. The minimum Gasteiger partial charge on any atom is -0.480 e. The van der Waals surface area contributed by atoms with Crippen molar-refractivity contribution in [3.63, 3.8) is 0 Å². The Morgan fingerprint density at radius 1 is 0.667 bits per heavy atom. The fraction of sp³-hybridized carbons (Fsp3) is 0.424. The molecule has 0 aliphatic carbocycles. The summed E-state index contributed by atoms with van der Waals surface area (Å²) in [5, 5.41) is 19.4. The Bertz CT molecular complexity index is 1660. The first-order valence-corrected chi connectivity index (χ1v) is 18.3. The average molecular weight is 779 g/mol. The number of nitrogens with one attached hydrogen (secondary N) is 4. The first-order valence-electron chi connectivity index (χ1n) is 16.7. The number of phosphoric acid groups is 1. The highest BCUT2D eigenvalue weighted by atomic mass is 31.2. The Morgan fingerprint density at radius 3 is 1.72 bits per heavy atom. The molecule has 0 spiro atoms. The molecule has 21 heteroatoms. The van der Waals surface area contributed by atoms with E-state index in [2.05, 4.69) is 25.8 Å². The van der Waals surface area contributed by atoms with E-state index in [9.17, 15) is 43.2 Å². The maximum Gasteiger partial charge on any atom is 0.524 e. The van der Waals surface area contributed by atoms with Crippen molar-refractivity contribution in [1.29, 1.82) is 0 Å². The van der Waals surface area contributed by atoms with E-state index in [0.717, 1.165) is 5.56 Å². The van der Waals surface area contributed by atoms with Crippen LogP contribution >= 0.6 is 7.82 Å². The maximum atomic E-state index is 13.5. The lowest BCUT2D eigenvalue weighted by atomic mass is 10.0. The van der Waals surface area contributed by atoms with Crippen LogP contribution in [0.1, 0.15) is 49.7 Å². The van der Waals surface area contributed by atoms with Crippen molar-refractivity contribution in [3.8, 4) is 5.75 Å². The van der Waals surface area contributed by atoms with E-state index in [1.165, 1.54) is 24.3 Å². The quantitative estimate of drug-likeness (QED) is 0.0390. The van der Waals surface area contributed by atoms with Gasteiger partial charge in [0.1, 0.15) is 29.9 Å². The zero-order valence-electron chi connectivity index (χ0n) is 29.2. The van der Waals surface area contributed by atoms with E-state index in [1.54, 1.807) is 30.3 Å². The summed E-state index contributed by atoms with van der Waals surface area (Å²) in [4.78, 5) is 107. The minimum atomic E-state index is -4.84. The molecule has 2 aromatic rings. The number of amides is 6. The van der Waals surface area contributed by atoms with Gasteiger partial charge < -0.3 is 53.8 Å². The van der Waals surface area contributed by atoms with Crippen LogP contribution in [0.4, 0.5) is 0 Å². The van der Waals surface area contributed by atoms with Crippen molar-refractivity contribution in [1.82, 2.24) is 21.3 Å². The monoisotopic (exact) mass is 778 g/mol. The molecule has 0 heterocycles. The van der Waals surface area contributed by atoms with Gasteiger partial charge in [-0.1, -0.05) is 42.5 Å². The number of unbranched alkanes of at least 4 members (excludes halogenated alkanes) is 1. The van der Waals surface area contributed by atoms with Gasteiger partial charge in [0.15, 0.2) is 0 Å². The van der Waals surface area contributed by atoms with Crippen LogP contribution in [0.25, 0.3) is 0 Å². The van der Waals surface area contributed by atoms with Gasteiger partial charge in [-0.05, 0) is 61.9 Å². The topological polar surface area (TPSA) is 359 Å². The SMILES string of the molecule is NCCCCC(NC(=O)C(CC(N)=O)NC(=O)C(CCC(N)=O)NC(=O)C(N)Cc1ccccc1)C(=O)NC(Cc1ccc(OP(=O)(O)O)cc1)C(=O)O. The van der Waals surface area contributed by atoms with Gasteiger partial charge in [0.2, 0.25) is 35.4 Å². The van der Waals surface area contributed by atoms with Crippen LogP contribution in [-0.4, -0.2) is 93.1 Å². The van der Waals surface area contributed by atoms with Crippen LogP contribution in [0.3, 0.4) is 0 Å². The molecule has 5 unspecified atom stereocenters. The molecule has 0 bridgehead atoms. The van der Waals surface area contributed by atoms with Crippen molar-refractivity contribution in [3.05, 3.63) is 65.7 Å². The molecule has 5 atom stereocenters. The lowest BCUT2D eigenvalue weighted by Crippen LogP contribution is -2.59. The molecule has 0 aliphatic rings. The molecule has 20 nitrogen and oxygen atoms in total. The average Bonchev–Trinajstić information content (AvgIpc) is 3.09. The number of benzene rings is 2. The summed E-state index contributed by atoms with van der Waals surface area (Å²) in [5.74, 6) is -7.18. The van der Waals surface area contributed by atoms with Crippen LogP contribution < -0.4 is 48.7 Å². The molecule has 0 saturated heterocycles. The van der Waals surface area contributed by atoms with Gasteiger partial charge in [0.25, 0.3) is 0 Å². The van der Waals surface area contributed by atoms with Gasteiger partial charge >= 0.3 is 13.8 Å². The molecular weight excluding hydrogens is 731 g/mol. The van der Waals surface area contributed by atoms with Crippen molar-refractivity contribution < 1.29 is 57.5 Å². The van der Waals surface area contributed by atoms with Gasteiger partial charge in [-0.3, -0.25) is 38.6 Å². The van der Waals surface area contributed by atoms with Gasteiger partial charge in [-0.15, -0.1) is 0 Å². The summed E-state index contributed by atoms with van der Waals surface area (Å²) in [7, 11) is -4.84. The molecule has 0 fully saturated rings. The minimum absolute atomic E-state index is 0.0383. The fourth-order valence-corrected chi connectivity index (χ4v) is 5.44. The highest BCUT2D eigenvalue weighted by Gasteiger charge is 2.33. The lowest BCUT2D eigenvalue weighted by Gasteiger charge is -2.26. The van der Waals surface area contributed by atoms with Crippen LogP contribution in [0, 0.1) is 0 Å². The van der Waals surface area contributed by atoms with Crippen molar-refractivity contribution in [2.75, 3.05) is 6.54 Å². The van der Waals surface area contributed by atoms with Crippen molar-refractivity contribution in [2.45, 2.75) is 81.6 Å². The van der Waals surface area contributed by atoms with E-state index in [4.69, 9.17) is 32.7 Å². The van der Waals surface area contributed by atoms with E-state index in [-0.39, 0.29) is 44.4 Å². The second-order valence-corrected chi connectivity index (χ2v) is 13.4. The number of phosphoric ester groups is 1. The number of primary amides is 2. The Hall–Kier alpha value is -5.40. The standard InChI is InChI=1S/C33H47N8O12P/c34-15-5-4-8-23(30(45)41-26(33(48)49)17-20-9-11-21(12-10-20)53-54(50,51)52)39-32(47)25(18-28(37)43)40-31(46)24(13-14-27(36)42)38-29(44)22(35)16-19-6-2-1-3-7-19/h1-3,6-7,9-12,22-26H,4-5,8,13-18,34-35H2,(H2,36,42)(H2,37,43)(H,38,44)(H,39,47)(H,40,46)(H,41,45)(H,48,49)(H2,50,51,52). The predicted octanol–water partition coefficient (Wildman–Crippen LogP) is -2.44. The summed E-state index contributed by atoms with van der Waals surface area (Å²) in [6, 6.07) is 6.68. The number of hydrogen-bond acceptors (Lipinski definition) is 11. The van der Waals surface area contributed by atoms with Gasteiger partial charge in [0, 0.05) is 12.8 Å². The summed E-state index contributed by atoms with van der Waals surface area (Å²) in [6.45, 7) is 0.232. The van der Waals surface area contributed by atoms with E-state index < -0.39 is 85.9 Å². The van der Waals surface area contributed by atoms with Crippen LogP contribution in [0.5, 0.6) is 5.75 Å². The van der Waals surface area contributed by atoms with E-state index >= 15 is 0 Å². The third kappa shape index (κ3) is 17.0. The second-order valence-electron chi connectivity index (χ2n) is 12.3. The fourth-order valence-electron chi connectivity index (χ4n) is 5.04. The van der Waals surface area contributed by atoms with Crippen LogP contribution in [-0.2, 0) is 51.0 Å². The molecule has 2 aromatic carbocycles. The smallest absolute Gasteiger partial charge is 0.480 e. The molecule has 0 saturated carbocycles. The van der Waals surface area contributed by atoms with E-state index in [0.29, 0.717) is 18.4 Å². The normalized spacial score (nSPS) is 13.9. The Kier molecular flexibility index (Phi) is 18.2. The van der Waals surface area contributed by atoms with Crippen molar-refractivity contribution >= 4 is 49.2 Å². The number of hydrogen-bond donors (Lipinski definition) is 11. The summed E-state index contributed by atoms with van der Waals surface area (Å²) < 4.78 is 15.5. The van der Waals surface area contributed by atoms with Crippen LogP contribution in [0.15, 0.2) is 54.6 Å². The maximum absolute atomic E-state index is 13.5. The molecule has 296 valence electrons. The van der Waals surface area contributed by atoms with Gasteiger partial charge in [-0.25, -0.2) is 9.36 Å². The molecule has 15 N–H and O–H groups in total. The molecular formula is C33H47N8O12P. The lowest BCUT2D eigenvalue weighted by molar-refractivity contribution is -0.142. The molecule has 2 rings (SSSR count). The first kappa shape index (κ1) is 44.8. The Labute approximate surface area is 310 Å². The van der Waals surface area contributed by atoms with E-state index in [1.807, 2.05) is 0 Å². The summed E-state index contributed by atoms with van der Waals surface area (Å²) in [6.07, 6.45) is -0.893. The number of rotatable bonds is 24.